The summed E-state index contributed by atoms with van der Waals surface area (Å²) < 4.78 is 124. The summed E-state index contributed by atoms with van der Waals surface area (Å²) in [5, 5.41) is 10.9. The molecule has 0 aliphatic rings. The minimum Gasteiger partial charge on any atom is -0.461 e. The zero-order chi connectivity index (χ0) is 34.4. The van der Waals surface area contributed by atoms with Crippen molar-refractivity contribution in [3.8, 4) is 6.07 Å². The van der Waals surface area contributed by atoms with Crippen molar-refractivity contribution in [2.24, 2.45) is 5.16 Å². The Morgan fingerprint density at radius 3 is 1.05 bits per heavy atom. The molecule has 0 rings (SSSR count). The molecule has 244 valence electrons. The summed E-state index contributed by atoms with van der Waals surface area (Å²) in [4.78, 5) is 91.9. The molecule has 0 heterocycles. The van der Waals surface area contributed by atoms with Crippen molar-refractivity contribution in [2.75, 3.05) is 6.61 Å². The van der Waals surface area contributed by atoms with E-state index in [0.29, 0.717) is 0 Å². The molecule has 1 atom stereocenters. The van der Waals surface area contributed by atoms with Crippen molar-refractivity contribution in [3.05, 3.63) is 0 Å². The Bertz CT molecular complexity index is 901. The highest BCUT2D eigenvalue weighted by Crippen LogP contribution is 2.43. The van der Waals surface area contributed by atoms with Gasteiger partial charge in [0, 0.05) is 0 Å². The SMILES string of the molecule is CCOC(=O)C(C#N)=NOOP(=O)(O)F.O=P(O)(O)F.O=P(O)(O)F.O=P(O)(O)F.O=P(O)(O)F.O=P(O)(O)F. The number of rotatable bonds is 5. The van der Waals surface area contributed by atoms with E-state index in [1.165, 1.54) is 13.0 Å². The summed E-state index contributed by atoms with van der Waals surface area (Å²) in [6, 6.07) is 1.25. The molecule has 0 fully saturated rings. The maximum Gasteiger partial charge on any atom is 0.548 e. The van der Waals surface area contributed by atoms with Crippen LogP contribution in [0.5, 0.6) is 0 Å². The van der Waals surface area contributed by atoms with Crippen LogP contribution in [0.3, 0.4) is 0 Å². The number of ether oxygens (including phenoxy) is 1. The Hall–Kier alpha value is -1.09. The molecule has 0 aromatic rings. The zero-order valence-corrected chi connectivity index (χ0v) is 23.4. The van der Waals surface area contributed by atoms with Gasteiger partial charge in [-0.25, -0.2) is 37.2 Å². The number of halogens is 6. The Morgan fingerprint density at radius 1 is 0.675 bits per heavy atom. The molecule has 0 bridgehead atoms. The van der Waals surface area contributed by atoms with Gasteiger partial charge in [-0.2, -0.15) is 5.26 Å². The molecule has 11 N–H and O–H groups in total. The summed E-state index contributed by atoms with van der Waals surface area (Å²) >= 11 is 0. The average Bonchev–Trinajstić information content (AvgIpc) is 2.50. The van der Waals surface area contributed by atoms with Gasteiger partial charge < -0.3 is 4.74 Å². The minimum absolute atomic E-state index is 0.0119. The maximum atomic E-state index is 11.8. The summed E-state index contributed by atoms with van der Waals surface area (Å²) in [5.41, 5.74) is -0.884. The predicted octanol–water partition coefficient (Wildman–Crippen LogP) is 0.690. The van der Waals surface area contributed by atoms with Crippen LogP contribution in [0, 0.1) is 11.3 Å². The molecule has 23 nitrogen and oxygen atoms in total. The van der Waals surface area contributed by atoms with Crippen molar-refractivity contribution < 1.29 is 126 Å². The van der Waals surface area contributed by atoms with Gasteiger partial charge in [0.2, 0.25) is 0 Å². The van der Waals surface area contributed by atoms with Crippen LogP contribution in [0.1, 0.15) is 6.92 Å². The number of hydrogen-bond donors (Lipinski definition) is 11. The highest BCUT2D eigenvalue weighted by atomic mass is 31.2. The number of esters is 1. The van der Waals surface area contributed by atoms with Gasteiger partial charge in [-0.3, -0.25) is 53.8 Å². The first kappa shape index (κ1) is 51.6. The largest absolute Gasteiger partial charge is 0.548 e. The van der Waals surface area contributed by atoms with Crippen LogP contribution >= 0.6 is 47.4 Å². The smallest absolute Gasteiger partial charge is 0.461 e. The number of nitriles is 1. The van der Waals surface area contributed by atoms with E-state index in [2.05, 4.69) is 19.6 Å². The molecule has 0 spiro atoms. The average molecular weight is 740 g/mol. The van der Waals surface area contributed by atoms with Crippen LogP contribution in [-0.4, -0.2) is 72.1 Å². The number of nitrogens with zero attached hydrogens (tertiary/aromatic N) is 2. The van der Waals surface area contributed by atoms with Crippen molar-refractivity contribution >= 4 is 59.1 Å². The summed E-state index contributed by atoms with van der Waals surface area (Å²) in [7, 11) is -31.1. The van der Waals surface area contributed by atoms with E-state index >= 15 is 0 Å². The third kappa shape index (κ3) is 214. The van der Waals surface area contributed by atoms with Crippen LogP contribution in [0.4, 0.5) is 25.2 Å². The molecule has 0 amide bonds. The van der Waals surface area contributed by atoms with Gasteiger partial charge in [0.05, 0.1) is 6.61 Å². The van der Waals surface area contributed by atoms with Crippen molar-refractivity contribution in [3.63, 3.8) is 0 Å². The first-order valence-electron chi connectivity index (χ1n) is 7.19. The van der Waals surface area contributed by atoms with E-state index in [1.807, 2.05) is 0 Å². The Balaban J connectivity index is -0.0000000962. The maximum absolute atomic E-state index is 11.8. The van der Waals surface area contributed by atoms with E-state index in [1.54, 1.807) is 0 Å². The molecule has 1 unspecified atom stereocenters. The van der Waals surface area contributed by atoms with Gasteiger partial charge in [0.25, 0.3) is 5.71 Å². The number of oxime groups is 1. The lowest BCUT2D eigenvalue weighted by Crippen LogP contribution is -2.16. The quantitative estimate of drug-likeness (QED) is 0.0461. The molecule has 0 saturated heterocycles. The fraction of sp³-hybridized carbons (Fsp3) is 0.400. The van der Waals surface area contributed by atoms with Gasteiger partial charge in [0.15, 0.2) is 0 Å². The minimum atomic E-state index is -5.37. The van der Waals surface area contributed by atoms with Crippen LogP contribution in [0.2, 0.25) is 0 Å². The topological polar surface area (TPSA) is 406 Å². The molecular weight excluding hydrogens is 724 g/mol. The van der Waals surface area contributed by atoms with Gasteiger partial charge in [-0.15, -0.1) is 25.2 Å². The normalized spacial score (nSPS) is 13.0. The van der Waals surface area contributed by atoms with Crippen molar-refractivity contribution in [1.82, 2.24) is 0 Å². The van der Waals surface area contributed by atoms with E-state index in [4.69, 9.17) is 81.9 Å². The van der Waals surface area contributed by atoms with Gasteiger partial charge in [0.1, 0.15) is 6.07 Å². The first-order valence-corrected chi connectivity index (χ1v) is 16.2. The van der Waals surface area contributed by atoms with E-state index in [-0.39, 0.29) is 6.61 Å². The van der Waals surface area contributed by atoms with Crippen molar-refractivity contribution in [2.45, 2.75) is 6.92 Å². The van der Waals surface area contributed by atoms with Gasteiger partial charge in [-0.1, -0.05) is 0 Å². The van der Waals surface area contributed by atoms with E-state index < -0.39 is 59.1 Å². The zero-order valence-electron chi connectivity index (χ0n) is 18.1. The Morgan fingerprint density at radius 2 is 0.900 bits per heavy atom. The van der Waals surface area contributed by atoms with Gasteiger partial charge in [-0.05, 0) is 16.8 Å². The summed E-state index contributed by atoms with van der Waals surface area (Å²) in [6.07, 6.45) is 0. The molecule has 0 saturated carbocycles. The highest BCUT2D eigenvalue weighted by molar-refractivity contribution is 7.47. The summed E-state index contributed by atoms with van der Waals surface area (Å²) in [6.45, 7) is 1.47. The third-order valence-electron chi connectivity index (χ3n) is 0.829. The molecule has 0 aliphatic heterocycles. The molecule has 35 heteroatoms. The van der Waals surface area contributed by atoms with Crippen LogP contribution < -0.4 is 0 Å². The van der Waals surface area contributed by atoms with E-state index in [9.17, 15) is 34.5 Å². The monoisotopic (exact) mass is 740 g/mol. The molecule has 0 aliphatic carbocycles. The van der Waals surface area contributed by atoms with Gasteiger partial charge >= 0.3 is 53.4 Å². The number of carbonyl (C=O) groups excluding carboxylic acids is 1. The van der Waals surface area contributed by atoms with Crippen molar-refractivity contribution in [1.29, 1.82) is 5.26 Å². The number of hydrogen-bond acceptors (Lipinski definition) is 12. The lowest BCUT2D eigenvalue weighted by atomic mass is 10.4. The molecule has 0 radical (unpaired) electrons. The lowest BCUT2D eigenvalue weighted by Gasteiger charge is -1.98. The van der Waals surface area contributed by atoms with Crippen LogP contribution in [0.15, 0.2) is 5.16 Å². The summed E-state index contributed by atoms with van der Waals surface area (Å²) in [5.74, 6) is -1.13. The fourth-order valence-corrected chi connectivity index (χ4v) is 0.513. The van der Waals surface area contributed by atoms with E-state index in [0.717, 1.165) is 0 Å². The second kappa shape index (κ2) is 23.5. The first-order chi connectivity index (χ1) is 16.9. The molecule has 0 aromatic carbocycles. The second-order valence-electron chi connectivity index (χ2n) is 4.24. The lowest BCUT2D eigenvalue weighted by molar-refractivity contribution is -0.219. The molecular formula is C5H16F6N2O21P6. The second-order valence-corrected chi connectivity index (χ2v) is 10.0. The molecule has 40 heavy (non-hydrogen) atoms. The third-order valence-corrected chi connectivity index (χ3v) is 1.08. The number of carbonyl (C=O) groups is 1. The standard InChI is InChI=1S/C5H6FN2O6P.5FH2O3P/c1-2-12-5(9)4(3-7)8-13-14-15(6,10)11;5*1-5(2,3)4/h2H2,1H3,(H,10,11);5*(H2,2,3,4). The highest BCUT2D eigenvalue weighted by Gasteiger charge is 2.21. The van der Waals surface area contributed by atoms with Crippen LogP contribution in [-0.2, 0) is 46.6 Å². The Labute approximate surface area is 215 Å². The Kier molecular flexibility index (Phi) is 30.3. The predicted molar refractivity (Wildman–Crippen MR) is 109 cm³/mol. The fourth-order valence-electron chi connectivity index (χ4n) is 0.398. The molecule has 0 aromatic heterocycles. The van der Waals surface area contributed by atoms with Crippen LogP contribution in [0.25, 0.3) is 0 Å².